The number of ether oxygens (including phenoxy) is 1. The molecule has 0 radical (unpaired) electrons. The summed E-state index contributed by atoms with van der Waals surface area (Å²) in [6.45, 7) is 0.739. The minimum absolute atomic E-state index is 0.216. The average molecular weight is 352 g/mol. The lowest BCUT2D eigenvalue weighted by atomic mass is 10.0. The SMILES string of the molecule is COC(=O)Nc1ccc(NC[C@H]2CCCCN2C(=O)O)c([N+](=O)[O-])c1. The zero-order valence-corrected chi connectivity index (χ0v) is 13.7. The second-order valence-corrected chi connectivity index (χ2v) is 5.61. The van der Waals surface area contributed by atoms with Crippen molar-refractivity contribution in [3.05, 3.63) is 28.3 Å². The molecule has 0 saturated carbocycles. The molecule has 136 valence electrons. The highest BCUT2D eigenvalue weighted by molar-refractivity contribution is 5.86. The summed E-state index contributed by atoms with van der Waals surface area (Å²) >= 11 is 0. The van der Waals surface area contributed by atoms with Crippen LogP contribution in [0.5, 0.6) is 0 Å². The molecule has 0 bridgehead atoms. The molecular weight excluding hydrogens is 332 g/mol. The monoisotopic (exact) mass is 352 g/mol. The van der Waals surface area contributed by atoms with Crippen molar-refractivity contribution in [1.29, 1.82) is 0 Å². The van der Waals surface area contributed by atoms with Gasteiger partial charge in [0.25, 0.3) is 5.69 Å². The largest absolute Gasteiger partial charge is 0.465 e. The number of nitrogens with zero attached hydrogens (tertiary/aromatic N) is 2. The van der Waals surface area contributed by atoms with Crippen LogP contribution >= 0.6 is 0 Å². The molecule has 0 aromatic heterocycles. The van der Waals surface area contributed by atoms with Crippen molar-refractivity contribution < 1.29 is 24.4 Å². The van der Waals surface area contributed by atoms with Crippen molar-refractivity contribution in [2.45, 2.75) is 25.3 Å². The molecule has 3 N–H and O–H groups in total. The molecule has 1 aliphatic rings. The van der Waals surface area contributed by atoms with Gasteiger partial charge in [0.05, 0.1) is 23.8 Å². The van der Waals surface area contributed by atoms with Gasteiger partial charge in [-0.1, -0.05) is 0 Å². The third kappa shape index (κ3) is 4.72. The van der Waals surface area contributed by atoms with E-state index in [2.05, 4.69) is 15.4 Å². The number of nitro groups is 1. The van der Waals surface area contributed by atoms with Crippen LogP contribution in [0.1, 0.15) is 19.3 Å². The molecule has 1 saturated heterocycles. The first-order valence-electron chi connectivity index (χ1n) is 7.79. The van der Waals surface area contributed by atoms with Gasteiger partial charge < -0.3 is 20.1 Å². The van der Waals surface area contributed by atoms with E-state index >= 15 is 0 Å². The van der Waals surface area contributed by atoms with E-state index in [1.807, 2.05) is 0 Å². The van der Waals surface area contributed by atoms with Gasteiger partial charge >= 0.3 is 12.2 Å². The fourth-order valence-corrected chi connectivity index (χ4v) is 2.77. The highest BCUT2D eigenvalue weighted by Crippen LogP contribution is 2.28. The number of carboxylic acid groups (broad SMARTS) is 1. The van der Waals surface area contributed by atoms with E-state index in [0.29, 0.717) is 13.0 Å². The number of hydrogen-bond acceptors (Lipinski definition) is 6. The molecule has 1 aromatic carbocycles. The first kappa shape index (κ1) is 18.3. The predicted octanol–water partition coefficient (Wildman–Crippen LogP) is 2.72. The number of benzene rings is 1. The molecule has 1 aromatic rings. The van der Waals surface area contributed by atoms with Crippen molar-refractivity contribution in [3.8, 4) is 0 Å². The number of nitrogens with one attached hydrogen (secondary N) is 2. The zero-order chi connectivity index (χ0) is 18.4. The molecule has 0 unspecified atom stereocenters. The summed E-state index contributed by atoms with van der Waals surface area (Å²) in [5.74, 6) is 0. The van der Waals surface area contributed by atoms with Crippen molar-refractivity contribution in [1.82, 2.24) is 4.90 Å². The number of hydrogen-bond donors (Lipinski definition) is 3. The molecule has 2 rings (SSSR count). The van der Waals surface area contributed by atoms with Crippen LogP contribution < -0.4 is 10.6 Å². The van der Waals surface area contributed by atoms with Crippen molar-refractivity contribution in [3.63, 3.8) is 0 Å². The van der Waals surface area contributed by atoms with E-state index in [-0.39, 0.29) is 29.6 Å². The number of carbonyl (C=O) groups is 2. The molecule has 0 spiro atoms. The van der Waals surface area contributed by atoms with Crippen LogP contribution in [0.4, 0.5) is 26.7 Å². The van der Waals surface area contributed by atoms with Crippen molar-refractivity contribution in [2.24, 2.45) is 0 Å². The number of anilines is 2. The lowest BCUT2D eigenvalue weighted by Crippen LogP contribution is -2.46. The van der Waals surface area contributed by atoms with E-state index in [1.54, 1.807) is 0 Å². The van der Waals surface area contributed by atoms with Crippen LogP contribution in [0.2, 0.25) is 0 Å². The fraction of sp³-hybridized carbons (Fsp3) is 0.467. The predicted molar refractivity (Wildman–Crippen MR) is 90.0 cm³/mol. The van der Waals surface area contributed by atoms with Crippen LogP contribution in [-0.4, -0.2) is 53.4 Å². The Balaban J connectivity index is 2.11. The molecule has 10 nitrogen and oxygen atoms in total. The average Bonchev–Trinajstić information content (AvgIpc) is 2.60. The molecule has 1 fully saturated rings. The lowest BCUT2D eigenvalue weighted by molar-refractivity contribution is -0.383. The molecule has 1 atom stereocenters. The van der Waals surface area contributed by atoms with Crippen LogP contribution in [-0.2, 0) is 4.74 Å². The maximum Gasteiger partial charge on any atom is 0.411 e. The first-order chi connectivity index (χ1) is 11.9. The van der Waals surface area contributed by atoms with Crippen molar-refractivity contribution >= 4 is 29.2 Å². The molecule has 0 aliphatic carbocycles. The highest BCUT2D eigenvalue weighted by Gasteiger charge is 2.27. The summed E-state index contributed by atoms with van der Waals surface area (Å²) < 4.78 is 4.45. The van der Waals surface area contributed by atoms with Gasteiger partial charge in [-0.25, -0.2) is 9.59 Å². The number of piperidine rings is 1. The molecule has 25 heavy (non-hydrogen) atoms. The van der Waals surface area contributed by atoms with Gasteiger partial charge in [-0.2, -0.15) is 0 Å². The molecule has 10 heteroatoms. The third-order valence-electron chi connectivity index (χ3n) is 4.03. The highest BCUT2D eigenvalue weighted by atomic mass is 16.6. The van der Waals surface area contributed by atoms with Gasteiger partial charge in [0.2, 0.25) is 0 Å². The summed E-state index contributed by atoms with van der Waals surface area (Å²) in [7, 11) is 1.19. The van der Waals surface area contributed by atoms with Crippen LogP contribution in [0.25, 0.3) is 0 Å². The van der Waals surface area contributed by atoms with Gasteiger partial charge in [-0.15, -0.1) is 0 Å². The van der Waals surface area contributed by atoms with Crippen LogP contribution in [0.3, 0.4) is 0 Å². The Morgan fingerprint density at radius 2 is 2.20 bits per heavy atom. The normalized spacial score (nSPS) is 16.8. The standard InChI is InChI=1S/C15H20N4O6/c1-25-14(20)17-10-5-6-12(13(8-10)19(23)24)16-9-11-4-2-3-7-18(11)15(21)22/h5-6,8,11,16H,2-4,7,9H2,1H3,(H,17,20)(H,21,22)/t11-/m1/s1. The smallest absolute Gasteiger partial charge is 0.411 e. The van der Waals surface area contributed by atoms with Gasteiger partial charge in [-0.3, -0.25) is 15.4 Å². The Bertz CT molecular complexity index is 665. The number of likely N-dealkylation sites (tertiary alicyclic amines) is 1. The number of carbonyl (C=O) groups excluding carboxylic acids is 1. The first-order valence-corrected chi connectivity index (χ1v) is 7.79. The van der Waals surface area contributed by atoms with E-state index < -0.39 is 17.1 Å². The molecule has 1 aliphatic heterocycles. The van der Waals surface area contributed by atoms with E-state index in [1.165, 1.54) is 30.2 Å². The lowest BCUT2D eigenvalue weighted by Gasteiger charge is -2.33. The zero-order valence-electron chi connectivity index (χ0n) is 13.7. The van der Waals surface area contributed by atoms with Gasteiger partial charge in [0.1, 0.15) is 5.69 Å². The summed E-state index contributed by atoms with van der Waals surface area (Å²) in [4.78, 5) is 34.5. The van der Waals surface area contributed by atoms with Crippen molar-refractivity contribution in [2.75, 3.05) is 30.8 Å². The molecule has 2 amide bonds. The Hall–Kier alpha value is -3.04. The van der Waals surface area contributed by atoms with E-state index in [4.69, 9.17) is 0 Å². The number of methoxy groups -OCH3 is 1. The Kier molecular flexibility index (Phi) is 5.98. The molecule has 1 heterocycles. The number of nitro benzene ring substituents is 1. The maximum atomic E-state index is 11.3. The summed E-state index contributed by atoms with van der Waals surface area (Å²) in [6.07, 6.45) is 0.722. The second kappa shape index (κ2) is 8.18. The van der Waals surface area contributed by atoms with Gasteiger partial charge in [-0.05, 0) is 31.4 Å². The summed E-state index contributed by atoms with van der Waals surface area (Å²) in [6, 6.07) is 3.95. The fourth-order valence-electron chi connectivity index (χ4n) is 2.77. The van der Waals surface area contributed by atoms with E-state index in [0.717, 1.165) is 12.8 Å². The third-order valence-corrected chi connectivity index (χ3v) is 4.03. The van der Waals surface area contributed by atoms with Crippen LogP contribution in [0, 0.1) is 10.1 Å². The number of rotatable bonds is 5. The summed E-state index contributed by atoms with van der Waals surface area (Å²) in [5.41, 5.74) is 0.275. The Morgan fingerprint density at radius 1 is 1.44 bits per heavy atom. The van der Waals surface area contributed by atoms with Crippen LogP contribution in [0.15, 0.2) is 18.2 Å². The minimum atomic E-state index is -0.987. The molecular formula is C15H20N4O6. The second-order valence-electron chi connectivity index (χ2n) is 5.61. The summed E-state index contributed by atoms with van der Waals surface area (Å²) in [5, 5.41) is 25.8. The Morgan fingerprint density at radius 3 is 2.84 bits per heavy atom. The van der Waals surface area contributed by atoms with E-state index in [9.17, 15) is 24.8 Å². The Labute approximate surface area is 143 Å². The minimum Gasteiger partial charge on any atom is -0.465 e. The van der Waals surface area contributed by atoms with Gasteiger partial charge in [0.15, 0.2) is 0 Å². The quantitative estimate of drug-likeness (QED) is 0.548. The maximum absolute atomic E-state index is 11.3. The topological polar surface area (TPSA) is 134 Å². The van der Waals surface area contributed by atoms with Gasteiger partial charge in [0, 0.05) is 19.2 Å². The number of amides is 2.